The summed E-state index contributed by atoms with van der Waals surface area (Å²) in [6, 6.07) is 32.1. The molecular formula is C30H33IO. The molecule has 1 fully saturated rings. The predicted octanol–water partition coefficient (Wildman–Crippen LogP) is 8.67. The van der Waals surface area contributed by atoms with Crippen molar-refractivity contribution in [1.29, 1.82) is 0 Å². The van der Waals surface area contributed by atoms with Gasteiger partial charge in [0.25, 0.3) is 0 Å². The predicted molar refractivity (Wildman–Crippen MR) is 143 cm³/mol. The molecule has 1 saturated carbocycles. The molecule has 4 rings (SSSR count). The number of rotatable bonds is 9. The quantitative estimate of drug-likeness (QED) is 0.196. The zero-order valence-electron chi connectivity index (χ0n) is 18.7. The second-order valence-electron chi connectivity index (χ2n) is 8.84. The second kappa shape index (κ2) is 11.8. The Bertz CT molecular complexity index is 849. The molecule has 32 heavy (non-hydrogen) atoms. The summed E-state index contributed by atoms with van der Waals surface area (Å²) in [6.45, 7) is 0. The van der Waals surface area contributed by atoms with Crippen molar-refractivity contribution in [2.24, 2.45) is 5.92 Å². The molecular weight excluding hydrogens is 503 g/mol. The van der Waals surface area contributed by atoms with Gasteiger partial charge in [0.2, 0.25) is 0 Å². The number of hydrogen-bond donors (Lipinski definition) is 0. The zero-order chi connectivity index (χ0) is 22.1. The summed E-state index contributed by atoms with van der Waals surface area (Å²) in [6.07, 6.45) is 11.5. The maximum absolute atomic E-state index is 7.24. The minimum absolute atomic E-state index is 0.0504. The average Bonchev–Trinajstić information content (AvgIpc) is 2.88. The highest BCUT2D eigenvalue weighted by molar-refractivity contribution is 14.1. The van der Waals surface area contributed by atoms with E-state index in [-0.39, 0.29) is 6.10 Å². The number of ether oxygens (including phenoxy) is 1. The van der Waals surface area contributed by atoms with Gasteiger partial charge in [0.15, 0.2) is 0 Å². The molecule has 0 N–H and O–H groups in total. The standard InChI is InChI=1S/C30H33IO/c31-24-23-29(22-21-25-13-5-1-6-14-25)32-30(26-15-7-2-8-16-26,27-17-9-3-10-18-27)28-19-11-4-12-20-28/h2-4,7-12,15-20,23-25,29H,1,5-6,13-14,21-22H2/b24-23+. The summed E-state index contributed by atoms with van der Waals surface area (Å²) in [5.41, 5.74) is 2.85. The van der Waals surface area contributed by atoms with Crippen LogP contribution in [-0.4, -0.2) is 6.10 Å². The molecule has 1 aliphatic carbocycles. The Morgan fingerprint density at radius 2 is 1.22 bits per heavy atom. The van der Waals surface area contributed by atoms with Crippen molar-refractivity contribution in [3.05, 3.63) is 118 Å². The minimum atomic E-state index is -0.656. The van der Waals surface area contributed by atoms with Gasteiger partial charge in [0.1, 0.15) is 5.60 Å². The lowest BCUT2D eigenvalue weighted by Crippen LogP contribution is -2.36. The Morgan fingerprint density at radius 1 is 0.750 bits per heavy atom. The van der Waals surface area contributed by atoms with Crippen LogP contribution in [0.4, 0.5) is 0 Å². The minimum Gasteiger partial charge on any atom is -0.354 e. The molecule has 0 spiro atoms. The zero-order valence-corrected chi connectivity index (χ0v) is 20.9. The summed E-state index contributed by atoms with van der Waals surface area (Å²) in [4.78, 5) is 0. The van der Waals surface area contributed by atoms with E-state index in [1.165, 1.54) is 55.2 Å². The molecule has 0 aromatic heterocycles. The van der Waals surface area contributed by atoms with E-state index in [0.29, 0.717) is 0 Å². The van der Waals surface area contributed by atoms with E-state index in [1.54, 1.807) is 0 Å². The van der Waals surface area contributed by atoms with Crippen LogP contribution in [0.3, 0.4) is 0 Å². The van der Waals surface area contributed by atoms with Crippen LogP contribution in [0.5, 0.6) is 0 Å². The summed E-state index contributed by atoms with van der Waals surface area (Å²) >= 11 is 2.33. The highest BCUT2D eigenvalue weighted by atomic mass is 127. The van der Waals surface area contributed by atoms with Crippen molar-refractivity contribution in [3.8, 4) is 0 Å². The van der Waals surface area contributed by atoms with Crippen molar-refractivity contribution in [1.82, 2.24) is 0 Å². The van der Waals surface area contributed by atoms with Gasteiger partial charge in [-0.15, -0.1) is 0 Å². The molecule has 166 valence electrons. The van der Waals surface area contributed by atoms with Crippen LogP contribution in [0, 0.1) is 5.92 Å². The molecule has 0 aliphatic heterocycles. The normalized spacial score (nSPS) is 16.3. The Kier molecular flexibility index (Phi) is 8.58. The summed E-state index contributed by atoms with van der Waals surface area (Å²) < 4.78 is 9.36. The van der Waals surface area contributed by atoms with E-state index in [4.69, 9.17) is 4.74 Å². The lowest BCUT2D eigenvalue weighted by atomic mass is 9.79. The Labute approximate surface area is 207 Å². The molecule has 0 bridgehead atoms. The Hall–Kier alpha value is -1.91. The SMILES string of the molecule is I/C=C/C(CCC1CCCCC1)OC(c1ccccc1)(c1ccccc1)c1ccccc1. The lowest BCUT2D eigenvalue weighted by Gasteiger charge is -2.39. The van der Waals surface area contributed by atoms with Gasteiger partial charge in [0.05, 0.1) is 6.10 Å². The lowest BCUT2D eigenvalue weighted by molar-refractivity contribution is -0.0303. The molecule has 1 aliphatic rings. The molecule has 0 heterocycles. The molecule has 0 saturated heterocycles. The summed E-state index contributed by atoms with van der Waals surface area (Å²) in [5, 5.41) is 0. The molecule has 3 aromatic rings. The van der Waals surface area contributed by atoms with Gasteiger partial charge in [-0.2, -0.15) is 0 Å². The van der Waals surface area contributed by atoms with Gasteiger partial charge >= 0.3 is 0 Å². The van der Waals surface area contributed by atoms with Crippen molar-refractivity contribution >= 4 is 22.6 Å². The van der Waals surface area contributed by atoms with E-state index in [9.17, 15) is 0 Å². The van der Waals surface area contributed by atoms with E-state index in [1.807, 2.05) is 0 Å². The largest absolute Gasteiger partial charge is 0.354 e. The maximum atomic E-state index is 7.24. The molecule has 2 heteroatoms. The van der Waals surface area contributed by atoms with Gasteiger partial charge in [-0.05, 0) is 45.6 Å². The van der Waals surface area contributed by atoms with E-state index in [0.717, 1.165) is 12.3 Å². The number of halogens is 1. The van der Waals surface area contributed by atoms with Crippen LogP contribution < -0.4 is 0 Å². The fraction of sp³-hybridized carbons (Fsp3) is 0.333. The van der Waals surface area contributed by atoms with Gasteiger partial charge in [0, 0.05) is 0 Å². The molecule has 1 nitrogen and oxygen atoms in total. The summed E-state index contributed by atoms with van der Waals surface area (Å²) in [5.74, 6) is 0.844. The topological polar surface area (TPSA) is 9.23 Å². The third kappa shape index (κ3) is 5.52. The molecule has 1 unspecified atom stereocenters. The van der Waals surface area contributed by atoms with Crippen LogP contribution in [0.25, 0.3) is 0 Å². The van der Waals surface area contributed by atoms with E-state index < -0.39 is 5.60 Å². The second-order valence-corrected chi connectivity index (χ2v) is 9.55. The maximum Gasteiger partial charge on any atom is 0.144 e. The van der Waals surface area contributed by atoms with Crippen molar-refractivity contribution in [3.63, 3.8) is 0 Å². The van der Waals surface area contributed by atoms with Crippen LogP contribution in [0.2, 0.25) is 0 Å². The van der Waals surface area contributed by atoms with E-state index >= 15 is 0 Å². The highest BCUT2D eigenvalue weighted by Crippen LogP contribution is 2.42. The molecule has 0 amide bonds. The first kappa shape index (κ1) is 23.3. The van der Waals surface area contributed by atoms with E-state index in [2.05, 4.69) is 124 Å². The Morgan fingerprint density at radius 3 is 1.66 bits per heavy atom. The van der Waals surface area contributed by atoms with Gasteiger partial charge in [-0.1, -0.05) is 146 Å². The van der Waals surface area contributed by atoms with Gasteiger partial charge < -0.3 is 4.74 Å². The van der Waals surface area contributed by atoms with Crippen LogP contribution in [0.1, 0.15) is 61.6 Å². The van der Waals surface area contributed by atoms with Gasteiger partial charge in [-0.25, -0.2) is 0 Å². The molecule has 1 atom stereocenters. The molecule has 3 aromatic carbocycles. The average molecular weight is 536 g/mol. The van der Waals surface area contributed by atoms with Gasteiger partial charge in [-0.3, -0.25) is 0 Å². The smallest absolute Gasteiger partial charge is 0.144 e. The van der Waals surface area contributed by atoms with Crippen molar-refractivity contribution in [2.75, 3.05) is 0 Å². The third-order valence-electron chi connectivity index (χ3n) is 6.74. The third-order valence-corrected chi connectivity index (χ3v) is 7.16. The van der Waals surface area contributed by atoms with Crippen LogP contribution >= 0.6 is 22.6 Å². The van der Waals surface area contributed by atoms with Crippen molar-refractivity contribution in [2.45, 2.75) is 56.7 Å². The number of hydrogen-bond acceptors (Lipinski definition) is 1. The van der Waals surface area contributed by atoms with Crippen LogP contribution in [0.15, 0.2) is 101 Å². The first-order valence-electron chi connectivity index (χ1n) is 11.9. The fourth-order valence-electron chi connectivity index (χ4n) is 5.10. The first-order valence-corrected chi connectivity index (χ1v) is 13.2. The summed E-state index contributed by atoms with van der Waals surface area (Å²) in [7, 11) is 0. The monoisotopic (exact) mass is 536 g/mol. The van der Waals surface area contributed by atoms with Crippen LogP contribution in [-0.2, 0) is 10.3 Å². The number of benzene rings is 3. The highest BCUT2D eigenvalue weighted by Gasteiger charge is 2.39. The first-order chi connectivity index (χ1) is 15.8. The fourth-order valence-corrected chi connectivity index (χ4v) is 5.56. The molecule has 0 radical (unpaired) electrons. The van der Waals surface area contributed by atoms with Crippen molar-refractivity contribution < 1.29 is 4.74 Å². The Balaban J connectivity index is 1.75.